The molecule has 1 saturated heterocycles. The predicted octanol–water partition coefficient (Wildman–Crippen LogP) is 3.85. The van der Waals surface area contributed by atoms with Crippen LogP contribution in [0.2, 0.25) is 0 Å². The lowest BCUT2D eigenvalue weighted by Crippen LogP contribution is -2.50. The molecule has 3 amide bonds. The van der Waals surface area contributed by atoms with Gasteiger partial charge in [-0.2, -0.15) is 4.31 Å². The van der Waals surface area contributed by atoms with Gasteiger partial charge in [0.15, 0.2) is 0 Å². The van der Waals surface area contributed by atoms with Crippen LogP contribution in [0.3, 0.4) is 0 Å². The lowest BCUT2D eigenvalue weighted by atomic mass is 9.89. The van der Waals surface area contributed by atoms with Gasteiger partial charge in [-0.3, -0.25) is 14.7 Å². The van der Waals surface area contributed by atoms with Crippen molar-refractivity contribution < 1.29 is 18.0 Å². The summed E-state index contributed by atoms with van der Waals surface area (Å²) in [6.07, 6.45) is 7.72. The van der Waals surface area contributed by atoms with Crippen LogP contribution in [-0.2, 0) is 14.8 Å². The molecule has 2 aliphatic heterocycles. The Labute approximate surface area is 226 Å². The number of carbonyl (C=O) groups is 2. The van der Waals surface area contributed by atoms with Gasteiger partial charge in [0, 0.05) is 50.5 Å². The number of piperidine rings is 1. The van der Waals surface area contributed by atoms with E-state index in [1.165, 1.54) is 14.6 Å². The van der Waals surface area contributed by atoms with Gasteiger partial charge in [-0.1, -0.05) is 13.3 Å². The largest absolute Gasteiger partial charge is 0.351 e. The highest BCUT2D eigenvalue weighted by molar-refractivity contribution is 7.92. The van der Waals surface area contributed by atoms with E-state index in [1.54, 1.807) is 25.3 Å². The second-order valence-electron chi connectivity index (χ2n) is 9.99. The zero-order chi connectivity index (χ0) is 27.9. The Morgan fingerprint density at radius 2 is 1.79 bits per heavy atom. The second kappa shape index (κ2) is 12.6. The van der Waals surface area contributed by atoms with Crippen molar-refractivity contribution in [3.05, 3.63) is 34.2 Å². The van der Waals surface area contributed by atoms with Crippen LogP contribution in [0.15, 0.2) is 22.5 Å². The molecular formula is C28H39N5O4S. The van der Waals surface area contributed by atoms with E-state index in [4.69, 9.17) is 10.7 Å². The Morgan fingerprint density at radius 3 is 2.37 bits per heavy atom. The van der Waals surface area contributed by atoms with E-state index in [1.807, 2.05) is 13.8 Å². The Hall–Kier alpha value is -3.16. The van der Waals surface area contributed by atoms with Crippen molar-refractivity contribution in [3.8, 4) is 11.8 Å². The van der Waals surface area contributed by atoms with Gasteiger partial charge in [0.05, 0.1) is 0 Å². The number of rotatable bonds is 9. The van der Waals surface area contributed by atoms with Gasteiger partial charge in [0.2, 0.25) is 10.0 Å². The molecule has 206 valence electrons. The molecule has 0 bridgehead atoms. The van der Waals surface area contributed by atoms with Crippen molar-refractivity contribution in [1.82, 2.24) is 9.62 Å². The number of nitrogens with one attached hydrogen (secondary N) is 1. The number of sulfonamides is 1. The number of amides is 3. The van der Waals surface area contributed by atoms with E-state index in [0.29, 0.717) is 30.8 Å². The molecule has 0 saturated carbocycles. The Bertz CT molecular complexity index is 1260. The molecule has 2 heterocycles. The quantitative estimate of drug-likeness (QED) is 0.364. The summed E-state index contributed by atoms with van der Waals surface area (Å²) >= 11 is 0. The van der Waals surface area contributed by atoms with Crippen molar-refractivity contribution >= 4 is 39.6 Å². The summed E-state index contributed by atoms with van der Waals surface area (Å²) in [6, 6.07) is 3.02. The summed E-state index contributed by atoms with van der Waals surface area (Å²) in [4.78, 5) is 30.3. The number of nitrogens with two attached hydrogens (primary N) is 1. The molecule has 3 N–H and O–H groups in total. The third kappa shape index (κ3) is 7.03. The van der Waals surface area contributed by atoms with Crippen LogP contribution in [0.5, 0.6) is 0 Å². The Kier molecular flexibility index (Phi) is 9.74. The SMILES string of the molecule is CCCCC#CCCCC1=NC2(CCN(S(=O)(=O)/C=C/c3c(C)cc(N(C)C(N)=O)cc3C)CC2)C(=O)N1. The Balaban J connectivity index is 1.61. The second-order valence-corrected chi connectivity index (χ2v) is 11.8. The average molecular weight is 542 g/mol. The minimum Gasteiger partial charge on any atom is -0.351 e. The van der Waals surface area contributed by atoms with Crippen molar-refractivity contribution in [2.75, 3.05) is 25.0 Å². The summed E-state index contributed by atoms with van der Waals surface area (Å²) < 4.78 is 27.6. The van der Waals surface area contributed by atoms with E-state index in [0.717, 1.165) is 48.8 Å². The summed E-state index contributed by atoms with van der Waals surface area (Å²) in [6.45, 7) is 6.30. The molecule has 1 spiro atoms. The highest BCUT2D eigenvalue weighted by atomic mass is 32.2. The number of unbranched alkanes of at least 4 members (excludes halogenated alkanes) is 3. The van der Waals surface area contributed by atoms with Gasteiger partial charge >= 0.3 is 6.03 Å². The summed E-state index contributed by atoms with van der Waals surface area (Å²) in [5.41, 5.74) is 7.54. The molecule has 0 aromatic heterocycles. The van der Waals surface area contributed by atoms with Gasteiger partial charge in [-0.15, -0.1) is 11.8 Å². The topological polar surface area (TPSA) is 125 Å². The molecular weight excluding hydrogens is 502 g/mol. The number of urea groups is 1. The minimum absolute atomic E-state index is 0.138. The molecule has 0 radical (unpaired) electrons. The van der Waals surface area contributed by atoms with Crippen LogP contribution in [0, 0.1) is 25.7 Å². The number of primary amides is 1. The van der Waals surface area contributed by atoms with E-state index in [9.17, 15) is 18.0 Å². The number of aryl methyl sites for hydroxylation is 2. The van der Waals surface area contributed by atoms with E-state index >= 15 is 0 Å². The van der Waals surface area contributed by atoms with Crippen molar-refractivity contribution in [2.24, 2.45) is 10.7 Å². The molecule has 0 atom stereocenters. The molecule has 1 aromatic carbocycles. The average Bonchev–Trinajstić information content (AvgIpc) is 3.16. The Morgan fingerprint density at radius 1 is 1.18 bits per heavy atom. The van der Waals surface area contributed by atoms with Crippen LogP contribution in [0.1, 0.15) is 75.0 Å². The van der Waals surface area contributed by atoms with Gasteiger partial charge in [0.25, 0.3) is 5.91 Å². The molecule has 0 aliphatic carbocycles. The van der Waals surface area contributed by atoms with E-state index in [2.05, 4.69) is 24.1 Å². The number of aliphatic imine (C=N–C) groups is 1. The van der Waals surface area contributed by atoms with Crippen LogP contribution < -0.4 is 16.0 Å². The first-order valence-electron chi connectivity index (χ1n) is 13.2. The number of hydrogen-bond acceptors (Lipinski definition) is 5. The molecule has 1 fully saturated rings. The maximum Gasteiger partial charge on any atom is 0.318 e. The molecule has 10 heteroatoms. The molecule has 2 aliphatic rings. The molecule has 0 unspecified atom stereocenters. The van der Waals surface area contributed by atoms with Gasteiger partial charge in [0.1, 0.15) is 11.4 Å². The van der Waals surface area contributed by atoms with E-state index < -0.39 is 21.6 Å². The van der Waals surface area contributed by atoms with Gasteiger partial charge < -0.3 is 11.1 Å². The fourth-order valence-corrected chi connectivity index (χ4v) is 5.89. The smallest absolute Gasteiger partial charge is 0.318 e. The van der Waals surface area contributed by atoms with E-state index in [-0.39, 0.29) is 19.0 Å². The maximum atomic E-state index is 13.1. The van der Waals surface area contributed by atoms with Crippen LogP contribution in [0.25, 0.3) is 6.08 Å². The zero-order valence-electron chi connectivity index (χ0n) is 22.8. The predicted molar refractivity (Wildman–Crippen MR) is 152 cm³/mol. The first kappa shape index (κ1) is 29.4. The number of amidine groups is 1. The number of benzene rings is 1. The van der Waals surface area contributed by atoms with Crippen LogP contribution >= 0.6 is 0 Å². The number of nitrogens with zero attached hydrogens (tertiary/aromatic N) is 3. The summed E-state index contributed by atoms with van der Waals surface area (Å²) in [7, 11) is -2.10. The first-order chi connectivity index (χ1) is 18.0. The van der Waals surface area contributed by atoms with Crippen molar-refractivity contribution in [2.45, 2.75) is 77.7 Å². The van der Waals surface area contributed by atoms with Gasteiger partial charge in [-0.25, -0.2) is 13.2 Å². The van der Waals surface area contributed by atoms with Crippen molar-refractivity contribution in [1.29, 1.82) is 0 Å². The number of carbonyl (C=O) groups excluding carboxylic acids is 2. The minimum atomic E-state index is -3.69. The third-order valence-corrected chi connectivity index (χ3v) is 8.70. The number of anilines is 1. The first-order valence-corrected chi connectivity index (χ1v) is 14.7. The van der Waals surface area contributed by atoms with Crippen molar-refractivity contribution in [3.63, 3.8) is 0 Å². The standard InChI is InChI=1S/C28H39N5O4S/c1-5-6-7-8-9-10-11-12-25-30-26(34)28(31-25)14-16-33(17-15-28)38(36,37)18-13-24-21(2)19-23(20-22(24)3)32(4)27(29)35/h13,18-20H,5-7,10-12,14-17H2,1-4H3,(H2,29,35)(H,30,31,34)/b18-13+. The maximum absolute atomic E-state index is 13.1. The molecule has 38 heavy (non-hydrogen) atoms. The normalized spacial score (nSPS) is 17.3. The fraction of sp³-hybridized carbons (Fsp3) is 0.536. The zero-order valence-corrected chi connectivity index (χ0v) is 23.7. The lowest BCUT2D eigenvalue weighted by Gasteiger charge is -2.34. The molecule has 9 nitrogen and oxygen atoms in total. The highest BCUT2D eigenvalue weighted by Crippen LogP contribution is 2.32. The molecule has 3 rings (SSSR count). The fourth-order valence-electron chi connectivity index (χ4n) is 4.71. The highest BCUT2D eigenvalue weighted by Gasteiger charge is 2.46. The molecule has 1 aromatic rings. The van der Waals surface area contributed by atoms with Gasteiger partial charge in [-0.05, 0) is 74.4 Å². The lowest BCUT2D eigenvalue weighted by molar-refractivity contribution is -0.124. The summed E-state index contributed by atoms with van der Waals surface area (Å²) in [5, 5.41) is 4.12. The third-order valence-electron chi connectivity index (χ3n) is 7.14. The number of hydrogen-bond donors (Lipinski definition) is 2. The summed E-state index contributed by atoms with van der Waals surface area (Å²) in [5.74, 6) is 6.88. The van der Waals surface area contributed by atoms with Crippen LogP contribution in [-0.4, -0.2) is 56.2 Å². The van der Waals surface area contributed by atoms with Crippen LogP contribution in [0.4, 0.5) is 10.5 Å². The monoisotopic (exact) mass is 541 g/mol.